The predicted molar refractivity (Wildman–Crippen MR) is 78.3 cm³/mol. The molecule has 2 heterocycles. The molecule has 3 unspecified atom stereocenters. The van der Waals surface area contributed by atoms with Gasteiger partial charge in [-0.2, -0.15) is 4.31 Å². The summed E-state index contributed by atoms with van der Waals surface area (Å²) in [4.78, 5) is 4.11. The van der Waals surface area contributed by atoms with E-state index in [0.29, 0.717) is 18.4 Å². The Morgan fingerprint density at radius 1 is 1.40 bits per heavy atom. The van der Waals surface area contributed by atoms with Gasteiger partial charge in [-0.1, -0.05) is 13.8 Å². The molecule has 112 valence electrons. The largest absolute Gasteiger partial charge is 0.307 e. The molecule has 1 aliphatic heterocycles. The van der Waals surface area contributed by atoms with Crippen LogP contribution in [-0.2, 0) is 10.0 Å². The molecule has 2 rings (SSSR count). The van der Waals surface area contributed by atoms with Gasteiger partial charge in [-0.3, -0.25) is 0 Å². The summed E-state index contributed by atoms with van der Waals surface area (Å²) in [5.41, 5.74) is 2.36. The summed E-state index contributed by atoms with van der Waals surface area (Å²) in [6.07, 6.45) is 2.56. The van der Waals surface area contributed by atoms with Gasteiger partial charge in [0.25, 0.3) is 0 Å². The molecule has 0 aliphatic carbocycles. The Bertz CT molecular complexity index is 575. The van der Waals surface area contributed by atoms with Crippen molar-refractivity contribution in [3.63, 3.8) is 0 Å². The second-order valence-corrected chi connectivity index (χ2v) is 7.49. The SMILES string of the molecule is CC1CC(C)C(C)N(S(=O)(=O)c2cccnc2NN)C1. The Morgan fingerprint density at radius 3 is 2.75 bits per heavy atom. The fraction of sp³-hybridized carbons (Fsp3) is 0.615. The van der Waals surface area contributed by atoms with Crippen LogP contribution in [0.5, 0.6) is 0 Å². The first-order valence-corrected chi connectivity index (χ1v) is 8.25. The number of hydrogen-bond acceptors (Lipinski definition) is 5. The molecule has 1 fully saturated rings. The van der Waals surface area contributed by atoms with Crippen LogP contribution >= 0.6 is 0 Å². The van der Waals surface area contributed by atoms with Gasteiger partial charge in [0.1, 0.15) is 4.90 Å². The number of hydrazine groups is 1. The average Bonchev–Trinajstić information content (AvgIpc) is 2.42. The lowest BCUT2D eigenvalue weighted by atomic mass is 9.88. The van der Waals surface area contributed by atoms with Gasteiger partial charge in [0, 0.05) is 18.8 Å². The zero-order chi connectivity index (χ0) is 14.9. The summed E-state index contributed by atoms with van der Waals surface area (Å²) in [5, 5.41) is 0. The van der Waals surface area contributed by atoms with E-state index in [0.717, 1.165) is 6.42 Å². The third-order valence-electron chi connectivity index (χ3n) is 4.04. The van der Waals surface area contributed by atoms with Crippen LogP contribution in [0.3, 0.4) is 0 Å². The number of hydrogen-bond donors (Lipinski definition) is 2. The fourth-order valence-electron chi connectivity index (χ4n) is 2.81. The maximum Gasteiger partial charge on any atom is 0.247 e. The Morgan fingerprint density at radius 2 is 2.10 bits per heavy atom. The molecular formula is C13H22N4O2S. The second kappa shape index (κ2) is 5.67. The molecule has 0 amide bonds. The number of pyridine rings is 1. The normalized spacial score (nSPS) is 28.3. The molecule has 0 spiro atoms. The highest BCUT2D eigenvalue weighted by atomic mass is 32.2. The first-order valence-electron chi connectivity index (χ1n) is 6.81. The molecule has 6 nitrogen and oxygen atoms in total. The number of nitrogens with zero attached hydrogens (tertiary/aromatic N) is 2. The summed E-state index contributed by atoms with van der Waals surface area (Å²) < 4.78 is 27.3. The Balaban J connectivity index is 2.43. The number of nitrogens with one attached hydrogen (secondary N) is 1. The minimum Gasteiger partial charge on any atom is -0.307 e. The minimum absolute atomic E-state index is 0.0259. The Kier molecular flexibility index (Phi) is 4.31. The van der Waals surface area contributed by atoms with Crippen molar-refractivity contribution in [3.8, 4) is 0 Å². The molecule has 1 aromatic heterocycles. The highest BCUT2D eigenvalue weighted by Crippen LogP contribution is 2.32. The van der Waals surface area contributed by atoms with Crippen LogP contribution in [0.2, 0.25) is 0 Å². The Hall–Kier alpha value is -1.18. The molecule has 3 atom stereocenters. The quantitative estimate of drug-likeness (QED) is 0.651. The maximum atomic E-state index is 12.9. The number of aromatic nitrogens is 1. The van der Waals surface area contributed by atoms with Crippen LogP contribution in [0.1, 0.15) is 27.2 Å². The van der Waals surface area contributed by atoms with Gasteiger partial charge in [0.05, 0.1) is 0 Å². The molecule has 7 heteroatoms. The van der Waals surface area contributed by atoms with Crippen LogP contribution in [0, 0.1) is 11.8 Å². The van der Waals surface area contributed by atoms with Crippen LogP contribution < -0.4 is 11.3 Å². The third kappa shape index (κ3) is 2.65. The lowest BCUT2D eigenvalue weighted by molar-refractivity contribution is 0.157. The van der Waals surface area contributed by atoms with E-state index >= 15 is 0 Å². The number of nitrogen functional groups attached to an aromatic ring is 1. The van der Waals surface area contributed by atoms with Crippen molar-refractivity contribution >= 4 is 15.8 Å². The van der Waals surface area contributed by atoms with Gasteiger partial charge in [0.15, 0.2) is 5.82 Å². The molecule has 3 N–H and O–H groups in total. The summed E-state index contributed by atoms with van der Waals surface area (Å²) in [5.74, 6) is 6.24. The third-order valence-corrected chi connectivity index (χ3v) is 6.02. The first kappa shape index (κ1) is 15.2. The number of nitrogens with two attached hydrogens (primary N) is 1. The fourth-order valence-corrected chi connectivity index (χ4v) is 4.77. The monoisotopic (exact) mass is 298 g/mol. The predicted octanol–water partition coefficient (Wildman–Crippen LogP) is 1.42. The topological polar surface area (TPSA) is 88.3 Å². The number of anilines is 1. The average molecular weight is 298 g/mol. The van der Waals surface area contributed by atoms with E-state index in [1.165, 1.54) is 12.3 Å². The molecule has 0 saturated carbocycles. The molecule has 1 saturated heterocycles. The van der Waals surface area contributed by atoms with Crippen molar-refractivity contribution in [3.05, 3.63) is 18.3 Å². The first-order chi connectivity index (χ1) is 9.37. The standard InChI is InChI=1S/C13H22N4O2S/c1-9-7-10(2)11(3)17(8-9)20(18,19)12-5-4-6-15-13(12)16-14/h4-6,9-11H,7-8,14H2,1-3H3,(H,15,16). The summed E-state index contributed by atoms with van der Waals surface area (Å²) in [6, 6.07) is 3.12. The molecule has 1 aliphatic rings. The van der Waals surface area contributed by atoms with E-state index in [-0.39, 0.29) is 16.8 Å². The van der Waals surface area contributed by atoms with E-state index in [1.807, 2.05) is 6.92 Å². The van der Waals surface area contributed by atoms with E-state index in [1.54, 1.807) is 10.4 Å². The minimum atomic E-state index is -3.59. The van der Waals surface area contributed by atoms with E-state index in [2.05, 4.69) is 24.3 Å². The molecule has 0 aromatic carbocycles. The van der Waals surface area contributed by atoms with Crippen molar-refractivity contribution in [1.29, 1.82) is 0 Å². The molecule has 0 radical (unpaired) electrons. The van der Waals surface area contributed by atoms with Gasteiger partial charge >= 0.3 is 0 Å². The van der Waals surface area contributed by atoms with Crippen molar-refractivity contribution in [2.75, 3.05) is 12.0 Å². The van der Waals surface area contributed by atoms with Crippen molar-refractivity contribution in [1.82, 2.24) is 9.29 Å². The number of piperidine rings is 1. The summed E-state index contributed by atoms with van der Waals surface area (Å²) in [7, 11) is -3.59. The van der Waals surface area contributed by atoms with Crippen molar-refractivity contribution in [2.45, 2.75) is 38.1 Å². The zero-order valence-corrected chi connectivity index (χ0v) is 12.9. The maximum absolute atomic E-state index is 12.9. The smallest absolute Gasteiger partial charge is 0.247 e. The highest BCUT2D eigenvalue weighted by molar-refractivity contribution is 7.89. The molecule has 1 aromatic rings. The summed E-state index contributed by atoms with van der Waals surface area (Å²) in [6.45, 7) is 6.66. The van der Waals surface area contributed by atoms with E-state index in [9.17, 15) is 8.42 Å². The number of sulfonamides is 1. The zero-order valence-electron chi connectivity index (χ0n) is 12.1. The van der Waals surface area contributed by atoms with Crippen molar-refractivity contribution < 1.29 is 8.42 Å². The lowest BCUT2D eigenvalue weighted by Crippen LogP contribution is -2.48. The lowest BCUT2D eigenvalue weighted by Gasteiger charge is -2.40. The van der Waals surface area contributed by atoms with Gasteiger partial charge in [-0.15, -0.1) is 0 Å². The number of rotatable bonds is 3. The van der Waals surface area contributed by atoms with Crippen LogP contribution in [0.15, 0.2) is 23.2 Å². The van der Waals surface area contributed by atoms with Gasteiger partial charge in [0.2, 0.25) is 10.0 Å². The molecule has 0 bridgehead atoms. The van der Waals surface area contributed by atoms with Crippen molar-refractivity contribution in [2.24, 2.45) is 17.7 Å². The molecule has 20 heavy (non-hydrogen) atoms. The molecular weight excluding hydrogens is 276 g/mol. The van der Waals surface area contributed by atoms with Gasteiger partial charge < -0.3 is 5.43 Å². The van der Waals surface area contributed by atoms with Crippen LogP contribution in [0.25, 0.3) is 0 Å². The Labute approximate surface area is 120 Å². The van der Waals surface area contributed by atoms with Crippen LogP contribution in [0.4, 0.5) is 5.82 Å². The summed E-state index contributed by atoms with van der Waals surface area (Å²) >= 11 is 0. The van der Waals surface area contributed by atoms with E-state index < -0.39 is 10.0 Å². The van der Waals surface area contributed by atoms with Crippen LogP contribution in [-0.4, -0.2) is 30.3 Å². The van der Waals surface area contributed by atoms with Gasteiger partial charge in [-0.05, 0) is 37.3 Å². The second-order valence-electron chi connectivity index (χ2n) is 5.63. The van der Waals surface area contributed by atoms with E-state index in [4.69, 9.17) is 5.84 Å². The highest BCUT2D eigenvalue weighted by Gasteiger charge is 2.38. The van der Waals surface area contributed by atoms with Gasteiger partial charge in [-0.25, -0.2) is 19.2 Å².